The average Bonchev–Trinajstić information content (AvgIpc) is 2.42. The van der Waals surface area contributed by atoms with Crippen molar-refractivity contribution in [2.75, 3.05) is 13.1 Å². The maximum atomic E-state index is 10.2. The Balaban J connectivity index is 2.24. The van der Waals surface area contributed by atoms with Gasteiger partial charge in [-0.1, -0.05) is 64.8 Å². The van der Waals surface area contributed by atoms with E-state index in [2.05, 4.69) is 57.3 Å². The van der Waals surface area contributed by atoms with Crippen LogP contribution in [-0.4, -0.2) is 18.2 Å². The number of hydrogen-bond acceptors (Lipinski definition) is 2. The normalized spacial score (nSPS) is 13.1. The van der Waals surface area contributed by atoms with Crippen LogP contribution >= 0.6 is 0 Å². The predicted octanol–water partition coefficient (Wildman–Crippen LogP) is 4.33. The number of aliphatic hydroxyl groups is 1. The van der Waals surface area contributed by atoms with E-state index in [4.69, 9.17) is 0 Å². The van der Waals surface area contributed by atoms with E-state index in [1.54, 1.807) is 0 Å². The first kappa shape index (κ1) is 18.2. The number of unbranched alkanes of at least 4 members (excludes halogenated alkanes) is 1. The summed E-state index contributed by atoms with van der Waals surface area (Å²) in [6.45, 7) is 10.6. The zero-order chi connectivity index (χ0) is 15.7. The fraction of sp³-hybridized carbons (Fsp3) is 0.684. The van der Waals surface area contributed by atoms with Crippen LogP contribution in [-0.2, 0) is 6.42 Å². The Labute approximate surface area is 131 Å². The standard InChI is InChI=1S/C19H33NO/c1-15(2)7-5-6-12-20-14-19(21)18-10-8-17(9-11-18)13-16(3)4/h8-11,15-16,19-21H,5-7,12-14H2,1-4H3. The van der Waals surface area contributed by atoms with Gasteiger partial charge in [-0.2, -0.15) is 0 Å². The molecule has 1 aromatic carbocycles. The van der Waals surface area contributed by atoms with Gasteiger partial charge in [0.2, 0.25) is 0 Å². The second kappa shape index (κ2) is 9.97. The Morgan fingerprint density at radius 2 is 1.62 bits per heavy atom. The Morgan fingerprint density at radius 3 is 2.19 bits per heavy atom. The van der Waals surface area contributed by atoms with Gasteiger partial charge in [-0.25, -0.2) is 0 Å². The van der Waals surface area contributed by atoms with Crippen LogP contribution in [0.4, 0.5) is 0 Å². The number of aliphatic hydroxyl groups excluding tert-OH is 1. The third-order valence-electron chi connectivity index (χ3n) is 3.73. The van der Waals surface area contributed by atoms with E-state index in [0.29, 0.717) is 12.5 Å². The average molecular weight is 291 g/mol. The lowest BCUT2D eigenvalue weighted by atomic mass is 10.0. The molecule has 0 bridgehead atoms. The van der Waals surface area contributed by atoms with Crippen molar-refractivity contribution < 1.29 is 5.11 Å². The molecule has 120 valence electrons. The lowest BCUT2D eigenvalue weighted by molar-refractivity contribution is 0.174. The summed E-state index contributed by atoms with van der Waals surface area (Å²) in [6, 6.07) is 8.40. The summed E-state index contributed by atoms with van der Waals surface area (Å²) in [4.78, 5) is 0. The molecule has 0 saturated carbocycles. The summed E-state index contributed by atoms with van der Waals surface area (Å²) >= 11 is 0. The molecule has 0 amide bonds. The minimum Gasteiger partial charge on any atom is -0.387 e. The van der Waals surface area contributed by atoms with Crippen molar-refractivity contribution in [3.63, 3.8) is 0 Å². The van der Waals surface area contributed by atoms with Gasteiger partial charge in [0.15, 0.2) is 0 Å². The zero-order valence-corrected chi connectivity index (χ0v) is 14.2. The second-order valence-electron chi connectivity index (χ2n) is 6.95. The molecule has 1 atom stereocenters. The zero-order valence-electron chi connectivity index (χ0n) is 14.2. The molecule has 0 radical (unpaired) electrons. The van der Waals surface area contributed by atoms with E-state index in [9.17, 15) is 5.11 Å². The van der Waals surface area contributed by atoms with E-state index in [0.717, 1.165) is 24.4 Å². The third-order valence-corrected chi connectivity index (χ3v) is 3.73. The number of rotatable bonds is 10. The molecule has 0 aliphatic heterocycles. The topological polar surface area (TPSA) is 32.3 Å². The molecule has 2 N–H and O–H groups in total. The van der Waals surface area contributed by atoms with E-state index < -0.39 is 6.10 Å². The van der Waals surface area contributed by atoms with Crippen molar-refractivity contribution in [3.05, 3.63) is 35.4 Å². The highest BCUT2D eigenvalue weighted by Crippen LogP contribution is 2.15. The highest BCUT2D eigenvalue weighted by molar-refractivity contribution is 5.24. The van der Waals surface area contributed by atoms with Gasteiger partial charge in [0.1, 0.15) is 0 Å². The van der Waals surface area contributed by atoms with Crippen molar-refractivity contribution in [2.24, 2.45) is 11.8 Å². The summed E-state index contributed by atoms with van der Waals surface area (Å²) in [5.41, 5.74) is 2.36. The van der Waals surface area contributed by atoms with Crippen molar-refractivity contribution in [1.82, 2.24) is 5.32 Å². The van der Waals surface area contributed by atoms with E-state index in [1.165, 1.54) is 24.8 Å². The minimum atomic E-state index is -0.400. The van der Waals surface area contributed by atoms with Crippen LogP contribution in [0.1, 0.15) is 64.2 Å². The van der Waals surface area contributed by atoms with Gasteiger partial charge in [-0.3, -0.25) is 0 Å². The van der Waals surface area contributed by atoms with Gasteiger partial charge in [-0.05, 0) is 42.3 Å². The molecular weight excluding hydrogens is 258 g/mol. The molecule has 2 nitrogen and oxygen atoms in total. The van der Waals surface area contributed by atoms with E-state index >= 15 is 0 Å². The first-order chi connectivity index (χ1) is 9.99. The van der Waals surface area contributed by atoms with Gasteiger partial charge in [0.05, 0.1) is 6.10 Å². The molecule has 21 heavy (non-hydrogen) atoms. The Morgan fingerprint density at radius 1 is 0.952 bits per heavy atom. The van der Waals surface area contributed by atoms with Crippen LogP contribution in [0.2, 0.25) is 0 Å². The smallest absolute Gasteiger partial charge is 0.0914 e. The molecule has 1 rings (SSSR count). The van der Waals surface area contributed by atoms with Gasteiger partial charge >= 0.3 is 0 Å². The number of nitrogens with one attached hydrogen (secondary N) is 1. The van der Waals surface area contributed by atoms with Crippen LogP contribution in [0.15, 0.2) is 24.3 Å². The summed E-state index contributed by atoms with van der Waals surface area (Å²) in [5.74, 6) is 1.47. The molecule has 0 fully saturated rings. The van der Waals surface area contributed by atoms with Crippen molar-refractivity contribution in [1.29, 1.82) is 0 Å². The molecule has 0 heterocycles. The summed E-state index contributed by atoms with van der Waals surface area (Å²) in [6.07, 6.45) is 4.46. The van der Waals surface area contributed by atoms with Crippen LogP contribution in [0, 0.1) is 11.8 Å². The molecule has 0 aliphatic rings. The van der Waals surface area contributed by atoms with Crippen molar-refractivity contribution >= 4 is 0 Å². The Hall–Kier alpha value is -0.860. The Bertz CT molecular complexity index is 370. The van der Waals surface area contributed by atoms with Gasteiger partial charge in [-0.15, -0.1) is 0 Å². The fourth-order valence-electron chi connectivity index (χ4n) is 2.51. The molecule has 0 aromatic heterocycles. The van der Waals surface area contributed by atoms with Crippen LogP contribution in [0.3, 0.4) is 0 Å². The van der Waals surface area contributed by atoms with Gasteiger partial charge in [0.25, 0.3) is 0 Å². The maximum Gasteiger partial charge on any atom is 0.0914 e. The van der Waals surface area contributed by atoms with Crippen LogP contribution < -0.4 is 5.32 Å². The van der Waals surface area contributed by atoms with E-state index in [1.807, 2.05) is 0 Å². The summed E-state index contributed by atoms with van der Waals surface area (Å²) < 4.78 is 0. The second-order valence-corrected chi connectivity index (χ2v) is 6.95. The summed E-state index contributed by atoms with van der Waals surface area (Å²) in [5, 5.41) is 13.5. The Kier molecular flexibility index (Phi) is 8.63. The molecule has 0 aliphatic carbocycles. The van der Waals surface area contributed by atoms with Gasteiger partial charge in [0, 0.05) is 6.54 Å². The quantitative estimate of drug-likeness (QED) is 0.629. The molecule has 0 saturated heterocycles. The van der Waals surface area contributed by atoms with Crippen molar-refractivity contribution in [3.8, 4) is 0 Å². The third kappa shape index (κ3) is 8.23. The minimum absolute atomic E-state index is 0.400. The largest absolute Gasteiger partial charge is 0.387 e. The van der Waals surface area contributed by atoms with Gasteiger partial charge < -0.3 is 10.4 Å². The lowest BCUT2D eigenvalue weighted by Gasteiger charge is -2.13. The lowest BCUT2D eigenvalue weighted by Crippen LogP contribution is -2.22. The molecule has 2 heteroatoms. The maximum absolute atomic E-state index is 10.2. The van der Waals surface area contributed by atoms with Crippen LogP contribution in [0.5, 0.6) is 0 Å². The monoisotopic (exact) mass is 291 g/mol. The highest BCUT2D eigenvalue weighted by Gasteiger charge is 2.07. The first-order valence-electron chi connectivity index (χ1n) is 8.46. The number of benzene rings is 1. The fourth-order valence-corrected chi connectivity index (χ4v) is 2.51. The SMILES string of the molecule is CC(C)CCCCNCC(O)c1ccc(CC(C)C)cc1. The summed E-state index contributed by atoms with van der Waals surface area (Å²) in [7, 11) is 0. The molecule has 1 aromatic rings. The van der Waals surface area contributed by atoms with Crippen molar-refractivity contribution in [2.45, 2.75) is 59.5 Å². The number of hydrogen-bond donors (Lipinski definition) is 2. The van der Waals surface area contributed by atoms with Crippen LogP contribution in [0.25, 0.3) is 0 Å². The van der Waals surface area contributed by atoms with E-state index in [-0.39, 0.29) is 0 Å². The predicted molar refractivity (Wildman–Crippen MR) is 91.5 cm³/mol. The molecule has 1 unspecified atom stereocenters. The first-order valence-corrected chi connectivity index (χ1v) is 8.46. The highest BCUT2D eigenvalue weighted by atomic mass is 16.3. The molecular formula is C19H33NO. The molecule has 0 spiro atoms.